The highest BCUT2D eigenvalue weighted by molar-refractivity contribution is 7.98. The van der Waals surface area contributed by atoms with Crippen LogP contribution in [0.15, 0.2) is 41.3 Å². The lowest BCUT2D eigenvalue weighted by Crippen LogP contribution is -2.11. The summed E-state index contributed by atoms with van der Waals surface area (Å²) in [6, 6.07) is 9.46. The van der Waals surface area contributed by atoms with Gasteiger partial charge in [-0.05, 0) is 24.5 Å². The van der Waals surface area contributed by atoms with E-state index in [0.29, 0.717) is 17.8 Å². The lowest BCUT2D eigenvalue weighted by Gasteiger charge is -2.12. The molecule has 4 heteroatoms. The Morgan fingerprint density at radius 3 is 2.94 bits per heavy atom. The van der Waals surface area contributed by atoms with Gasteiger partial charge in [-0.2, -0.15) is 0 Å². The standard InChI is InChI=1S/C13H14O3S/c1-9-7-8-11(13-12(9)14-13)17-16-15-10-5-3-2-4-6-10/h2-6,8-9,12-13H,7H2,1H3/t9-,12+,13-/m0/s1. The second-order valence-corrected chi connectivity index (χ2v) is 5.16. The molecule has 1 heterocycles. The van der Waals surface area contributed by atoms with Crippen LogP contribution in [-0.4, -0.2) is 12.2 Å². The summed E-state index contributed by atoms with van der Waals surface area (Å²) in [4.78, 5) is 6.30. The lowest BCUT2D eigenvalue weighted by atomic mass is 9.96. The van der Waals surface area contributed by atoms with Crippen molar-refractivity contribution < 1.29 is 14.0 Å². The molecule has 2 aliphatic rings. The first-order chi connectivity index (χ1) is 8.34. The van der Waals surface area contributed by atoms with Crippen LogP contribution in [0.5, 0.6) is 5.75 Å². The van der Waals surface area contributed by atoms with Gasteiger partial charge in [0.1, 0.15) is 6.10 Å². The molecule has 0 saturated carbocycles. The van der Waals surface area contributed by atoms with Crippen LogP contribution in [0.1, 0.15) is 13.3 Å². The van der Waals surface area contributed by atoms with Gasteiger partial charge in [-0.3, -0.25) is 0 Å². The molecule has 1 fully saturated rings. The van der Waals surface area contributed by atoms with Gasteiger partial charge in [0.15, 0.2) is 5.75 Å². The van der Waals surface area contributed by atoms with Crippen LogP contribution < -0.4 is 4.89 Å². The molecule has 3 nitrogen and oxygen atoms in total. The van der Waals surface area contributed by atoms with Crippen LogP contribution >= 0.6 is 12.0 Å². The summed E-state index contributed by atoms with van der Waals surface area (Å²) in [5.74, 6) is 1.33. The minimum absolute atomic E-state index is 0.239. The fourth-order valence-electron chi connectivity index (χ4n) is 1.99. The summed E-state index contributed by atoms with van der Waals surface area (Å²) in [6.07, 6.45) is 3.86. The smallest absolute Gasteiger partial charge is 0.166 e. The lowest BCUT2D eigenvalue weighted by molar-refractivity contribution is -0.0770. The molecule has 0 radical (unpaired) electrons. The van der Waals surface area contributed by atoms with Crippen molar-refractivity contribution in [3.8, 4) is 5.75 Å². The Morgan fingerprint density at radius 1 is 1.29 bits per heavy atom. The molecule has 0 amide bonds. The quantitative estimate of drug-likeness (QED) is 0.355. The van der Waals surface area contributed by atoms with Gasteiger partial charge in [-0.1, -0.05) is 31.2 Å². The van der Waals surface area contributed by atoms with Crippen LogP contribution in [0, 0.1) is 5.92 Å². The number of benzene rings is 1. The second-order valence-electron chi connectivity index (χ2n) is 4.39. The molecular weight excluding hydrogens is 236 g/mol. The van der Waals surface area contributed by atoms with Gasteiger partial charge < -0.3 is 9.62 Å². The molecule has 1 aliphatic carbocycles. The maximum Gasteiger partial charge on any atom is 0.166 e. The number of hydrogen-bond acceptors (Lipinski definition) is 4. The molecule has 1 aromatic rings. The maximum atomic E-state index is 5.58. The molecule has 0 unspecified atom stereocenters. The van der Waals surface area contributed by atoms with E-state index in [1.807, 2.05) is 30.3 Å². The fraction of sp³-hybridized carbons (Fsp3) is 0.385. The van der Waals surface area contributed by atoms with E-state index in [2.05, 4.69) is 13.0 Å². The normalized spacial score (nSPS) is 30.4. The van der Waals surface area contributed by atoms with Crippen molar-refractivity contribution in [2.45, 2.75) is 25.6 Å². The van der Waals surface area contributed by atoms with Gasteiger partial charge >= 0.3 is 0 Å². The van der Waals surface area contributed by atoms with E-state index < -0.39 is 0 Å². The van der Waals surface area contributed by atoms with Gasteiger partial charge in [-0.15, -0.1) is 4.33 Å². The predicted molar refractivity (Wildman–Crippen MR) is 66.3 cm³/mol. The Balaban J connectivity index is 1.49. The topological polar surface area (TPSA) is 31.0 Å². The zero-order valence-corrected chi connectivity index (χ0v) is 10.4. The Labute approximate surface area is 105 Å². The van der Waals surface area contributed by atoms with Gasteiger partial charge in [-0.25, -0.2) is 0 Å². The Kier molecular flexibility index (Phi) is 3.09. The Bertz CT molecular complexity index is 418. The molecule has 3 rings (SSSR count). The molecule has 1 aliphatic heterocycles. The predicted octanol–water partition coefficient (Wildman–Crippen LogP) is 3.34. The van der Waals surface area contributed by atoms with Crippen LogP contribution in [0.4, 0.5) is 0 Å². The Hall–Kier alpha value is -0.970. The molecule has 0 aromatic heterocycles. The number of fused-ring (bicyclic) bond motifs is 1. The highest BCUT2D eigenvalue weighted by atomic mass is 32.2. The summed E-state index contributed by atoms with van der Waals surface area (Å²) in [6.45, 7) is 2.21. The zero-order valence-electron chi connectivity index (χ0n) is 9.54. The van der Waals surface area contributed by atoms with E-state index >= 15 is 0 Å². The molecule has 90 valence electrons. The van der Waals surface area contributed by atoms with E-state index in [9.17, 15) is 0 Å². The Morgan fingerprint density at radius 2 is 2.12 bits per heavy atom. The fourth-order valence-corrected chi connectivity index (χ4v) is 2.63. The van der Waals surface area contributed by atoms with Crippen LogP contribution in [0.25, 0.3) is 0 Å². The molecule has 0 bridgehead atoms. The van der Waals surface area contributed by atoms with Crippen LogP contribution in [-0.2, 0) is 9.07 Å². The van der Waals surface area contributed by atoms with E-state index in [1.54, 1.807) is 0 Å². The average molecular weight is 250 g/mol. The molecular formula is C13H14O3S. The van der Waals surface area contributed by atoms with E-state index in [4.69, 9.17) is 14.0 Å². The third kappa shape index (κ3) is 2.49. The number of rotatable bonds is 4. The SMILES string of the molecule is C[C@H]1CC=C(SOOc2ccccc2)[C@@H]2O[C@H]12. The molecule has 1 saturated heterocycles. The van der Waals surface area contributed by atoms with Gasteiger partial charge in [0.25, 0.3) is 0 Å². The monoisotopic (exact) mass is 250 g/mol. The van der Waals surface area contributed by atoms with Crippen molar-refractivity contribution in [2.24, 2.45) is 5.92 Å². The number of epoxide rings is 1. The second kappa shape index (κ2) is 4.72. The molecule has 3 atom stereocenters. The highest BCUT2D eigenvalue weighted by Gasteiger charge is 2.48. The van der Waals surface area contributed by atoms with Crippen molar-refractivity contribution >= 4 is 12.0 Å². The van der Waals surface area contributed by atoms with Gasteiger partial charge in [0.2, 0.25) is 0 Å². The minimum atomic E-state index is 0.239. The van der Waals surface area contributed by atoms with Crippen molar-refractivity contribution in [1.82, 2.24) is 0 Å². The first-order valence-electron chi connectivity index (χ1n) is 5.76. The van der Waals surface area contributed by atoms with Crippen LogP contribution in [0.3, 0.4) is 0 Å². The maximum absolute atomic E-state index is 5.58. The van der Waals surface area contributed by atoms with Gasteiger partial charge in [0, 0.05) is 4.91 Å². The first kappa shape index (κ1) is 11.1. The number of ether oxygens (including phenoxy) is 1. The number of allylic oxidation sites excluding steroid dienone is 1. The van der Waals surface area contributed by atoms with Gasteiger partial charge in [0.05, 0.1) is 18.1 Å². The minimum Gasteiger partial charge on any atom is -0.364 e. The molecule has 0 N–H and O–H groups in total. The number of para-hydroxylation sites is 1. The molecule has 17 heavy (non-hydrogen) atoms. The third-order valence-electron chi connectivity index (χ3n) is 3.06. The molecule has 1 aromatic carbocycles. The van der Waals surface area contributed by atoms with Crippen molar-refractivity contribution in [3.63, 3.8) is 0 Å². The van der Waals surface area contributed by atoms with Crippen molar-refractivity contribution in [1.29, 1.82) is 0 Å². The zero-order chi connectivity index (χ0) is 11.7. The van der Waals surface area contributed by atoms with Crippen molar-refractivity contribution in [2.75, 3.05) is 0 Å². The number of hydrogen-bond donors (Lipinski definition) is 0. The van der Waals surface area contributed by atoms with Crippen molar-refractivity contribution in [3.05, 3.63) is 41.3 Å². The molecule has 0 spiro atoms. The average Bonchev–Trinajstić information content (AvgIpc) is 3.15. The first-order valence-corrected chi connectivity index (χ1v) is 6.50. The highest BCUT2D eigenvalue weighted by Crippen LogP contribution is 2.45. The van der Waals surface area contributed by atoms with E-state index in [-0.39, 0.29) is 6.10 Å². The van der Waals surface area contributed by atoms with E-state index in [1.165, 1.54) is 12.0 Å². The third-order valence-corrected chi connectivity index (χ3v) is 3.79. The summed E-state index contributed by atoms with van der Waals surface area (Å²) < 4.78 is 10.7. The summed E-state index contributed by atoms with van der Waals surface area (Å²) in [5, 5.41) is 0. The van der Waals surface area contributed by atoms with E-state index in [0.717, 1.165) is 11.3 Å². The summed E-state index contributed by atoms with van der Waals surface area (Å²) in [7, 11) is 0. The summed E-state index contributed by atoms with van der Waals surface area (Å²) >= 11 is 1.26. The largest absolute Gasteiger partial charge is 0.364 e. The summed E-state index contributed by atoms with van der Waals surface area (Å²) in [5.41, 5.74) is 0. The van der Waals surface area contributed by atoms with Crippen LogP contribution in [0.2, 0.25) is 0 Å².